The normalized spacial score (nSPS) is 27.2. The van der Waals surface area contributed by atoms with Gasteiger partial charge in [0.25, 0.3) is 5.12 Å². The van der Waals surface area contributed by atoms with Gasteiger partial charge in [-0.25, -0.2) is 4.79 Å². The second-order valence-electron chi connectivity index (χ2n) is 10.7. The summed E-state index contributed by atoms with van der Waals surface area (Å²) in [5, 5.41) is 5.85. The third-order valence-corrected chi connectivity index (χ3v) is 7.91. The number of hydrogen-bond acceptors (Lipinski definition) is 7. The van der Waals surface area contributed by atoms with Gasteiger partial charge in [0.05, 0.1) is 6.61 Å². The molecule has 4 N–H and O–H groups in total. The van der Waals surface area contributed by atoms with Gasteiger partial charge in [-0.1, -0.05) is 26.0 Å². The molecule has 0 radical (unpaired) electrons. The number of rotatable bonds is 10. The maximum Gasteiger partial charge on any atom is 0.407 e. The zero-order valence-electron chi connectivity index (χ0n) is 20.8. The summed E-state index contributed by atoms with van der Waals surface area (Å²) in [5.41, 5.74) is 0. The van der Waals surface area contributed by atoms with Crippen molar-refractivity contribution < 1.29 is 36.9 Å². The van der Waals surface area contributed by atoms with Crippen molar-refractivity contribution in [3.05, 3.63) is 12.2 Å². The van der Waals surface area contributed by atoms with Gasteiger partial charge in [0.15, 0.2) is 0 Å². The Kier molecular flexibility index (Phi) is 9.51. The Morgan fingerprint density at radius 1 is 1.17 bits per heavy atom. The van der Waals surface area contributed by atoms with Crippen LogP contribution in [0.1, 0.15) is 58.8 Å². The van der Waals surface area contributed by atoms with Crippen LogP contribution in [0.5, 0.6) is 0 Å². The average molecular weight is 528 g/mol. The molecule has 36 heavy (non-hydrogen) atoms. The molecular formula is C24H37N3O8S. The van der Waals surface area contributed by atoms with Crippen molar-refractivity contribution >= 4 is 33.1 Å². The predicted molar refractivity (Wildman–Crippen MR) is 130 cm³/mol. The number of carbonyl (C=O) groups excluding carboxylic acids is 4. The number of hydrogen-bond donors (Lipinski definition) is 4. The first-order chi connectivity index (χ1) is 16.9. The Morgan fingerprint density at radius 3 is 2.53 bits per heavy atom. The Bertz CT molecular complexity index is 980. The lowest BCUT2D eigenvalue weighted by Crippen LogP contribution is -2.53. The first kappa shape index (κ1) is 28.1. The molecule has 2 bridgehead atoms. The summed E-state index contributed by atoms with van der Waals surface area (Å²) >= 11 is 0. The summed E-state index contributed by atoms with van der Waals surface area (Å²) in [4.78, 5) is 49.8. The smallest absolute Gasteiger partial charge is 0.407 e. The SMILES string of the molecule is CC(C)C[C@H](NC(=O)OC[C@H]1C[C@H]2C=CC[C@H](C2)C1)C(=O)N[C@@H](C[C@@H]1CCNC1=O)C(=O)S(=O)(=O)O. The minimum Gasteiger partial charge on any atom is -0.449 e. The topological polar surface area (TPSA) is 168 Å². The van der Waals surface area contributed by atoms with Crippen molar-refractivity contribution in [1.29, 1.82) is 0 Å². The fourth-order valence-electron chi connectivity index (χ4n) is 5.47. The lowest BCUT2D eigenvalue weighted by molar-refractivity contribution is -0.128. The second kappa shape index (κ2) is 12.2. The summed E-state index contributed by atoms with van der Waals surface area (Å²) in [5.74, 6) is -0.513. The van der Waals surface area contributed by atoms with Crippen LogP contribution in [-0.4, -0.2) is 61.2 Å². The number of ether oxygens (including phenoxy) is 1. The van der Waals surface area contributed by atoms with E-state index in [0.717, 1.165) is 19.3 Å². The Hall–Kier alpha value is -2.47. The highest BCUT2D eigenvalue weighted by Gasteiger charge is 2.38. The maximum absolute atomic E-state index is 13.0. The van der Waals surface area contributed by atoms with Gasteiger partial charge in [-0.3, -0.25) is 18.9 Å². The van der Waals surface area contributed by atoms with E-state index in [4.69, 9.17) is 4.74 Å². The van der Waals surface area contributed by atoms with Crippen LogP contribution in [0.25, 0.3) is 0 Å². The molecule has 0 aromatic heterocycles. The molecule has 12 heteroatoms. The molecule has 0 unspecified atom stereocenters. The van der Waals surface area contributed by atoms with Crippen LogP contribution in [0.4, 0.5) is 4.79 Å². The largest absolute Gasteiger partial charge is 0.449 e. The quantitative estimate of drug-likeness (QED) is 0.245. The van der Waals surface area contributed by atoms with Crippen molar-refractivity contribution in [2.45, 2.75) is 70.9 Å². The summed E-state index contributed by atoms with van der Waals surface area (Å²) in [6.07, 6.45) is 8.11. The van der Waals surface area contributed by atoms with E-state index < -0.39 is 45.2 Å². The third-order valence-electron chi connectivity index (χ3n) is 7.12. The molecule has 202 valence electrons. The van der Waals surface area contributed by atoms with Crippen molar-refractivity contribution in [3.8, 4) is 0 Å². The summed E-state index contributed by atoms with van der Waals surface area (Å²) in [6, 6.07) is -2.73. The fourth-order valence-corrected chi connectivity index (χ4v) is 5.98. The van der Waals surface area contributed by atoms with Crippen LogP contribution >= 0.6 is 0 Å². The minimum absolute atomic E-state index is 0.0260. The van der Waals surface area contributed by atoms with E-state index >= 15 is 0 Å². The molecular weight excluding hydrogens is 490 g/mol. The van der Waals surface area contributed by atoms with Crippen LogP contribution in [0.15, 0.2) is 12.2 Å². The van der Waals surface area contributed by atoms with E-state index in [9.17, 15) is 32.1 Å². The van der Waals surface area contributed by atoms with Crippen molar-refractivity contribution in [1.82, 2.24) is 16.0 Å². The van der Waals surface area contributed by atoms with E-state index in [1.807, 2.05) is 13.8 Å². The Labute approximate surface area is 211 Å². The van der Waals surface area contributed by atoms with Gasteiger partial charge in [-0.05, 0) is 68.6 Å². The lowest BCUT2D eigenvalue weighted by atomic mass is 9.71. The van der Waals surface area contributed by atoms with Crippen LogP contribution in [0.3, 0.4) is 0 Å². The van der Waals surface area contributed by atoms with Crippen LogP contribution in [0, 0.1) is 29.6 Å². The van der Waals surface area contributed by atoms with Gasteiger partial charge >= 0.3 is 16.2 Å². The van der Waals surface area contributed by atoms with Gasteiger partial charge in [-0.15, -0.1) is 0 Å². The van der Waals surface area contributed by atoms with Crippen LogP contribution < -0.4 is 16.0 Å². The zero-order chi connectivity index (χ0) is 26.5. The average Bonchev–Trinajstić information content (AvgIpc) is 3.19. The highest BCUT2D eigenvalue weighted by Crippen LogP contribution is 2.39. The molecule has 0 spiro atoms. The zero-order valence-corrected chi connectivity index (χ0v) is 21.6. The van der Waals surface area contributed by atoms with Crippen molar-refractivity contribution in [2.75, 3.05) is 13.2 Å². The number of carbonyl (C=O) groups is 4. The number of amides is 3. The molecule has 1 aliphatic heterocycles. The molecule has 0 aromatic rings. The van der Waals surface area contributed by atoms with E-state index in [0.29, 0.717) is 24.8 Å². The van der Waals surface area contributed by atoms with Crippen LogP contribution in [0.2, 0.25) is 0 Å². The standard InChI is InChI=1S/C24H37N3O8S/c1-14(2)8-19(27-24(31)35-13-17-10-15-4-3-5-16(9-15)11-17)22(29)26-20(23(30)36(32,33)34)12-18-6-7-25-21(18)28/h3-4,14-20H,5-13H2,1-2H3,(H,25,28)(H,26,29)(H,27,31)(H,32,33,34)/t15-,16+,17-,18-,19-,20-/m0/s1. The highest BCUT2D eigenvalue weighted by atomic mass is 32.2. The number of fused-ring (bicyclic) bond motifs is 2. The minimum atomic E-state index is -5.11. The van der Waals surface area contributed by atoms with E-state index in [1.54, 1.807) is 0 Å². The first-order valence-corrected chi connectivity index (χ1v) is 14.1. The van der Waals surface area contributed by atoms with Gasteiger partial charge in [0.2, 0.25) is 11.8 Å². The molecule has 2 aliphatic carbocycles. The van der Waals surface area contributed by atoms with Crippen molar-refractivity contribution in [2.24, 2.45) is 29.6 Å². The Morgan fingerprint density at radius 2 is 1.92 bits per heavy atom. The van der Waals surface area contributed by atoms with Gasteiger partial charge < -0.3 is 20.7 Å². The summed E-state index contributed by atoms with van der Waals surface area (Å²) in [7, 11) is -5.11. The molecule has 0 aromatic carbocycles. The first-order valence-electron chi connectivity index (χ1n) is 12.6. The monoisotopic (exact) mass is 527 g/mol. The molecule has 11 nitrogen and oxygen atoms in total. The van der Waals surface area contributed by atoms with E-state index in [1.165, 1.54) is 6.42 Å². The maximum atomic E-state index is 13.0. The summed E-state index contributed by atoms with van der Waals surface area (Å²) in [6.45, 7) is 4.28. The van der Waals surface area contributed by atoms with E-state index in [-0.39, 0.29) is 37.2 Å². The molecule has 1 heterocycles. The summed E-state index contributed by atoms with van der Waals surface area (Å²) < 4.78 is 37.7. The molecule has 3 amide bonds. The molecule has 3 rings (SSSR count). The van der Waals surface area contributed by atoms with Gasteiger partial charge in [-0.2, -0.15) is 8.42 Å². The van der Waals surface area contributed by atoms with Gasteiger partial charge in [0, 0.05) is 12.5 Å². The molecule has 1 saturated carbocycles. The van der Waals surface area contributed by atoms with E-state index in [2.05, 4.69) is 28.1 Å². The van der Waals surface area contributed by atoms with Crippen molar-refractivity contribution in [3.63, 3.8) is 0 Å². The second-order valence-corrected chi connectivity index (χ2v) is 12.0. The highest BCUT2D eigenvalue weighted by molar-refractivity contribution is 8.01. The predicted octanol–water partition coefficient (Wildman–Crippen LogP) is 1.55. The van der Waals surface area contributed by atoms with Gasteiger partial charge in [0.1, 0.15) is 12.1 Å². The number of nitrogens with one attached hydrogen (secondary N) is 3. The third kappa shape index (κ3) is 8.02. The fraction of sp³-hybridized carbons (Fsp3) is 0.750. The molecule has 2 fully saturated rings. The molecule has 1 saturated heterocycles. The lowest BCUT2D eigenvalue weighted by Gasteiger charge is -2.35. The Balaban J connectivity index is 1.60. The van der Waals surface area contributed by atoms with Crippen LogP contribution in [-0.2, 0) is 29.2 Å². The molecule has 6 atom stereocenters. The molecule has 3 aliphatic rings. The number of alkyl carbamates (subject to hydrolysis) is 1. The number of allylic oxidation sites excluding steroid dienone is 2.